The monoisotopic (exact) mass is 428 g/mol. The number of benzene rings is 1. The number of likely N-dealkylation sites (tertiary alicyclic amines) is 1. The quantitative estimate of drug-likeness (QED) is 0.555. The average Bonchev–Trinajstić information content (AvgIpc) is 3.58. The molecule has 7 nitrogen and oxygen atoms in total. The highest BCUT2D eigenvalue weighted by Crippen LogP contribution is 2.40. The van der Waals surface area contributed by atoms with Crippen LogP contribution in [0.1, 0.15) is 50.5 Å². The fourth-order valence-corrected chi connectivity index (χ4v) is 5.70. The number of nitrogens with zero attached hydrogens (tertiary/aromatic N) is 2. The molecule has 3 fully saturated rings. The largest absolute Gasteiger partial charge is 0.454 e. The third-order valence-corrected chi connectivity index (χ3v) is 7.65. The van der Waals surface area contributed by atoms with Gasteiger partial charge in [-0.15, -0.1) is 0 Å². The van der Waals surface area contributed by atoms with Crippen LogP contribution in [-0.4, -0.2) is 69.6 Å². The van der Waals surface area contributed by atoms with Gasteiger partial charge in [0.1, 0.15) is 0 Å². The lowest BCUT2D eigenvalue weighted by molar-refractivity contribution is 0.0513. The number of aliphatic imine (C=N–C) groups is 1. The van der Waals surface area contributed by atoms with Crippen LogP contribution in [0.4, 0.5) is 0 Å². The smallest absolute Gasteiger partial charge is 0.231 e. The van der Waals surface area contributed by atoms with Gasteiger partial charge in [0, 0.05) is 57.4 Å². The van der Waals surface area contributed by atoms with Crippen molar-refractivity contribution in [3.8, 4) is 11.5 Å². The van der Waals surface area contributed by atoms with E-state index in [1.165, 1.54) is 44.2 Å². The van der Waals surface area contributed by atoms with E-state index in [0.717, 1.165) is 62.6 Å². The minimum atomic E-state index is 0.00239. The molecular formula is C24H36N4O3. The molecular weight excluding hydrogens is 392 g/mol. The third-order valence-electron chi connectivity index (χ3n) is 7.65. The Hall–Kier alpha value is -1.99. The number of fused-ring (bicyclic) bond motifs is 1. The maximum Gasteiger partial charge on any atom is 0.231 e. The Morgan fingerprint density at radius 3 is 2.74 bits per heavy atom. The van der Waals surface area contributed by atoms with Gasteiger partial charge in [0.2, 0.25) is 6.79 Å². The standard InChI is InChI=1S/C24H36N4O3/c1-25-23(27-19-8-11-28(15-19)20-4-2-3-5-20)26-16-24(9-12-29-13-10-24)18-6-7-21-22(14-18)31-17-30-21/h6-7,14,19-20H,2-5,8-13,15-17H2,1H3,(H2,25,26,27). The van der Waals surface area contributed by atoms with Crippen molar-refractivity contribution < 1.29 is 14.2 Å². The normalized spacial score (nSPS) is 26.4. The molecule has 4 aliphatic rings. The number of nitrogens with one attached hydrogen (secondary N) is 2. The highest BCUT2D eigenvalue weighted by atomic mass is 16.7. The maximum atomic E-state index is 5.71. The fraction of sp³-hybridized carbons (Fsp3) is 0.708. The third kappa shape index (κ3) is 4.48. The van der Waals surface area contributed by atoms with Gasteiger partial charge in [0.05, 0.1) is 0 Å². The number of rotatable bonds is 5. The zero-order valence-corrected chi connectivity index (χ0v) is 18.7. The van der Waals surface area contributed by atoms with E-state index in [4.69, 9.17) is 14.2 Å². The van der Waals surface area contributed by atoms with Crippen LogP contribution in [0.15, 0.2) is 23.2 Å². The van der Waals surface area contributed by atoms with Gasteiger partial charge in [-0.3, -0.25) is 9.89 Å². The second-order valence-corrected chi connectivity index (χ2v) is 9.45. The van der Waals surface area contributed by atoms with Gasteiger partial charge in [-0.25, -0.2) is 0 Å². The predicted molar refractivity (Wildman–Crippen MR) is 121 cm³/mol. The van der Waals surface area contributed by atoms with Crippen molar-refractivity contribution in [2.45, 2.75) is 62.4 Å². The Bertz CT molecular complexity index is 787. The molecule has 1 atom stereocenters. The molecule has 1 aromatic rings. The summed E-state index contributed by atoms with van der Waals surface area (Å²) in [6.45, 7) is 5.03. The summed E-state index contributed by atoms with van der Waals surface area (Å²) < 4.78 is 16.9. The molecule has 1 unspecified atom stereocenters. The van der Waals surface area contributed by atoms with Gasteiger partial charge < -0.3 is 24.8 Å². The molecule has 0 amide bonds. The van der Waals surface area contributed by atoms with Crippen molar-refractivity contribution in [1.29, 1.82) is 0 Å². The van der Waals surface area contributed by atoms with Crippen LogP contribution in [0.5, 0.6) is 11.5 Å². The first-order valence-corrected chi connectivity index (χ1v) is 11.9. The minimum absolute atomic E-state index is 0.00239. The Morgan fingerprint density at radius 2 is 1.94 bits per heavy atom. The van der Waals surface area contributed by atoms with E-state index in [0.29, 0.717) is 12.8 Å². The highest BCUT2D eigenvalue weighted by Gasteiger charge is 2.36. The molecule has 3 aliphatic heterocycles. The van der Waals surface area contributed by atoms with Crippen LogP contribution in [0.25, 0.3) is 0 Å². The predicted octanol–water partition coefficient (Wildman–Crippen LogP) is 2.65. The Labute approximate surface area is 185 Å². The second kappa shape index (κ2) is 9.25. The lowest BCUT2D eigenvalue weighted by atomic mass is 9.74. The highest BCUT2D eigenvalue weighted by molar-refractivity contribution is 5.80. The van der Waals surface area contributed by atoms with Crippen LogP contribution in [0, 0.1) is 0 Å². The summed E-state index contributed by atoms with van der Waals surface area (Å²) in [7, 11) is 1.87. The van der Waals surface area contributed by atoms with E-state index in [2.05, 4.69) is 32.7 Å². The fourth-order valence-electron chi connectivity index (χ4n) is 5.70. The lowest BCUT2D eigenvalue weighted by Crippen LogP contribution is -2.50. The van der Waals surface area contributed by atoms with Crippen LogP contribution in [-0.2, 0) is 10.2 Å². The Kier molecular flexibility index (Phi) is 6.23. The summed E-state index contributed by atoms with van der Waals surface area (Å²) in [6.07, 6.45) is 8.70. The summed E-state index contributed by atoms with van der Waals surface area (Å²) >= 11 is 0. The van der Waals surface area contributed by atoms with Crippen molar-refractivity contribution in [3.05, 3.63) is 23.8 Å². The summed E-state index contributed by atoms with van der Waals surface area (Å²) in [6, 6.07) is 7.66. The minimum Gasteiger partial charge on any atom is -0.454 e. The van der Waals surface area contributed by atoms with E-state index < -0.39 is 0 Å². The van der Waals surface area contributed by atoms with Gasteiger partial charge in [-0.1, -0.05) is 18.9 Å². The Morgan fingerprint density at radius 1 is 1.13 bits per heavy atom. The summed E-state index contributed by atoms with van der Waals surface area (Å²) in [4.78, 5) is 7.23. The van der Waals surface area contributed by atoms with E-state index in [-0.39, 0.29) is 5.41 Å². The van der Waals surface area contributed by atoms with E-state index in [9.17, 15) is 0 Å². The molecule has 7 heteroatoms. The van der Waals surface area contributed by atoms with Crippen LogP contribution < -0.4 is 20.1 Å². The molecule has 0 radical (unpaired) electrons. The first-order valence-electron chi connectivity index (χ1n) is 11.9. The van der Waals surface area contributed by atoms with Crippen molar-refractivity contribution >= 4 is 5.96 Å². The number of guanidine groups is 1. The first-order chi connectivity index (χ1) is 15.3. The molecule has 1 saturated carbocycles. The molecule has 3 heterocycles. The number of hydrogen-bond donors (Lipinski definition) is 2. The average molecular weight is 429 g/mol. The van der Waals surface area contributed by atoms with E-state index in [1.54, 1.807) is 0 Å². The van der Waals surface area contributed by atoms with Crippen molar-refractivity contribution in [2.24, 2.45) is 4.99 Å². The van der Waals surface area contributed by atoms with Crippen LogP contribution in [0.2, 0.25) is 0 Å². The van der Waals surface area contributed by atoms with Gasteiger partial charge in [-0.05, 0) is 49.8 Å². The van der Waals surface area contributed by atoms with Crippen LogP contribution in [0.3, 0.4) is 0 Å². The van der Waals surface area contributed by atoms with Crippen LogP contribution >= 0.6 is 0 Å². The molecule has 1 aromatic carbocycles. The molecule has 31 heavy (non-hydrogen) atoms. The SMILES string of the molecule is CN=C(NCC1(c2ccc3c(c2)OCO3)CCOCC1)NC1CCN(C2CCCC2)C1. The van der Waals surface area contributed by atoms with E-state index in [1.807, 2.05) is 13.1 Å². The van der Waals surface area contributed by atoms with Gasteiger partial charge >= 0.3 is 0 Å². The van der Waals surface area contributed by atoms with Crippen molar-refractivity contribution in [3.63, 3.8) is 0 Å². The summed E-state index contributed by atoms with van der Waals surface area (Å²) in [5.41, 5.74) is 1.29. The topological polar surface area (TPSA) is 67.4 Å². The van der Waals surface area contributed by atoms with Crippen molar-refractivity contribution in [1.82, 2.24) is 15.5 Å². The first kappa shape index (κ1) is 20.9. The van der Waals surface area contributed by atoms with Gasteiger partial charge in [0.15, 0.2) is 17.5 Å². The molecule has 170 valence electrons. The molecule has 2 N–H and O–H groups in total. The second-order valence-electron chi connectivity index (χ2n) is 9.45. The molecule has 0 bridgehead atoms. The number of ether oxygens (including phenoxy) is 3. The molecule has 0 spiro atoms. The zero-order chi connectivity index (χ0) is 21.1. The van der Waals surface area contributed by atoms with Crippen molar-refractivity contribution in [2.75, 3.05) is 46.7 Å². The summed E-state index contributed by atoms with van der Waals surface area (Å²) in [5.74, 6) is 2.60. The molecule has 0 aromatic heterocycles. The van der Waals surface area contributed by atoms with Gasteiger partial charge in [0.25, 0.3) is 0 Å². The van der Waals surface area contributed by atoms with Gasteiger partial charge in [-0.2, -0.15) is 0 Å². The molecule has 5 rings (SSSR count). The Balaban J connectivity index is 1.22. The summed E-state index contributed by atoms with van der Waals surface area (Å²) in [5, 5.41) is 7.34. The zero-order valence-electron chi connectivity index (χ0n) is 18.7. The lowest BCUT2D eigenvalue weighted by Gasteiger charge is -2.38. The van der Waals surface area contributed by atoms with E-state index >= 15 is 0 Å². The number of hydrogen-bond acceptors (Lipinski definition) is 5. The maximum absolute atomic E-state index is 5.71. The molecule has 1 aliphatic carbocycles. The molecule has 2 saturated heterocycles.